The third-order valence-corrected chi connectivity index (χ3v) is 9.57. The quantitative estimate of drug-likeness (QED) is 0.143. The fraction of sp³-hybridized carbons (Fsp3) is 0.262. The van der Waals surface area contributed by atoms with Crippen LogP contribution < -0.4 is 10.6 Å². The van der Waals surface area contributed by atoms with Crippen molar-refractivity contribution in [1.29, 1.82) is 0 Å². The highest BCUT2D eigenvalue weighted by Gasteiger charge is 2.38. The highest BCUT2D eigenvalue weighted by atomic mass is 16.3. The number of aromatic amines is 1. The summed E-state index contributed by atoms with van der Waals surface area (Å²) in [6, 6.07) is 35.2. The number of likely N-dealkylation sites (N-methyl/N-ethyl adjacent to an activating group) is 1. The molecule has 0 spiro atoms. The molecule has 2 saturated heterocycles. The molecule has 3 heterocycles. The van der Waals surface area contributed by atoms with E-state index in [0.717, 1.165) is 65.0 Å². The van der Waals surface area contributed by atoms with Gasteiger partial charge in [-0.2, -0.15) is 5.10 Å². The smallest absolute Gasteiger partial charge is 0.247 e. The standard InChI is InChI=1S/C34H36N6O4.C8H8O/c1-39-17-5-8-30(39)33(43)35-25-13-9-23(10-14-25)28-20-29(38-37-28)24-11-15-26(16-12-24)36-34(44)31-19-27(41)21-40(31)32(42)18-22-6-3-2-4-7-22;9-7-6-8-4-2-1-3-5-8/h2-4,6-7,9-16,20,27,30-31,41H,5,8,17-19,21H2,1H3,(H,35,43)(H,36,44)(H,37,38);1-5,7H,6H2/t27-,30+,31+;/m1./s1. The number of likely N-dealkylation sites (tertiary alicyclic amines) is 2. The van der Waals surface area contributed by atoms with E-state index in [9.17, 15) is 24.3 Å². The molecule has 2 aliphatic heterocycles. The van der Waals surface area contributed by atoms with Gasteiger partial charge in [-0.1, -0.05) is 84.9 Å². The van der Waals surface area contributed by atoms with Crippen LogP contribution in [0.15, 0.2) is 115 Å². The summed E-state index contributed by atoms with van der Waals surface area (Å²) in [6.45, 7) is 1.08. The van der Waals surface area contributed by atoms with Crippen molar-refractivity contribution in [2.24, 2.45) is 0 Å². The molecule has 11 nitrogen and oxygen atoms in total. The summed E-state index contributed by atoms with van der Waals surface area (Å²) in [7, 11) is 1.98. The number of aliphatic hydroxyl groups excluding tert-OH is 1. The molecule has 0 bridgehead atoms. The van der Waals surface area contributed by atoms with Gasteiger partial charge in [0.15, 0.2) is 0 Å². The van der Waals surface area contributed by atoms with Crippen molar-refractivity contribution in [3.63, 3.8) is 0 Å². The number of β-amino-alcohol motifs (C(OH)–C–C–N with tert-alkyl or cyclic N) is 1. The van der Waals surface area contributed by atoms with Crippen LogP contribution in [0.25, 0.3) is 22.5 Å². The number of carbonyl (C=O) groups excluding carboxylic acids is 4. The van der Waals surface area contributed by atoms with E-state index in [2.05, 4.69) is 25.7 Å². The lowest BCUT2D eigenvalue weighted by Crippen LogP contribution is -2.43. The topological polar surface area (TPSA) is 148 Å². The number of H-pyrrole nitrogens is 1. The molecule has 0 radical (unpaired) electrons. The third kappa shape index (κ3) is 9.70. The summed E-state index contributed by atoms with van der Waals surface area (Å²) in [4.78, 5) is 52.2. The summed E-state index contributed by atoms with van der Waals surface area (Å²) >= 11 is 0. The number of hydrogen-bond acceptors (Lipinski definition) is 7. The SMILES string of the molecule is CN1CCC[C@H]1C(=O)Nc1ccc(-c2cc(-c3ccc(NC(=O)[C@@H]4C[C@@H](O)CN4C(=O)Cc4ccccc4)cc3)[nH]n2)cc1.O=CCc1ccccc1. The fourth-order valence-electron chi connectivity index (χ4n) is 6.69. The molecule has 3 atom stereocenters. The van der Waals surface area contributed by atoms with E-state index in [-0.39, 0.29) is 43.1 Å². The van der Waals surface area contributed by atoms with Gasteiger partial charge in [0.25, 0.3) is 0 Å². The molecule has 5 aromatic rings. The van der Waals surface area contributed by atoms with E-state index >= 15 is 0 Å². The molecule has 0 aliphatic carbocycles. The number of aliphatic hydroxyl groups is 1. The van der Waals surface area contributed by atoms with Crippen LogP contribution in [0.2, 0.25) is 0 Å². The molecule has 0 saturated carbocycles. The Kier molecular flexibility index (Phi) is 12.2. The second-order valence-electron chi connectivity index (χ2n) is 13.4. The van der Waals surface area contributed by atoms with Crippen molar-refractivity contribution in [2.75, 3.05) is 30.8 Å². The maximum absolute atomic E-state index is 13.1. The summed E-state index contributed by atoms with van der Waals surface area (Å²) in [6.07, 6.45) is 2.99. The first kappa shape index (κ1) is 36.9. The Hall–Kier alpha value is -5.91. The molecule has 4 N–H and O–H groups in total. The first-order valence-corrected chi connectivity index (χ1v) is 17.8. The molecular formula is C42H44N6O5. The predicted octanol–water partition coefficient (Wildman–Crippen LogP) is 5.35. The zero-order valence-corrected chi connectivity index (χ0v) is 29.7. The molecule has 11 heteroatoms. The number of anilines is 2. The molecule has 2 aliphatic rings. The van der Waals surface area contributed by atoms with E-state index < -0.39 is 12.1 Å². The number of aromatic nitrogens is 2. The zero-order chi connectivity index (χ0) is 37.2. The minimum absolute atomic E-state index is 0.0224. The van der Waals surface area contributed by atoms with Gasteiger partial charge in [0.2, 0.25) is 17.7 Å². The molecule has 53 heavy (non-hydrogen) atoms. The van der Waals surface area contributed by atoms with Crippen LogP contribution in [0.5, 0.6) is 0 Å². The molecule has 2 fully saturated rings. The number of amides is 3. The second-order valence-corrected chi connectivity index (χ2v) is 13.4. The Morgan fingerprint density at radius 2 is 1.40 bits per heavy atom. The second kappa shape index (κ2) is 17.5. The molecular weight excluding hydrogens is 668 g/mol. The van der Waals surface area contributed by atoms with Crippen LogP contribution in [0.4, 0.5) is 11.4 Å². The minimum Gasteiger partial charge on any atom is -0.391 e. The number of carbonyl (C=O) groups is 4. The molecule has 3 amide bonds. The van der Waals surface area contributed by atoms with E-state index in [0.29, 0.717) is 12.1 Å². The number of rotatable bonds is 10. The van der Waals surface area contributed by atoms with Gasteiger partial charge in [0, 0.05) is 36.3 Å². The van der Waals surface area contributed by atoms with Crippen molar-refractivity contribution < 1.29 is 24.3 Å². The highest BCUT2D eigenvalue weighted by Crippen LogP contribution is 2.27. The van der Waals surface area contributed by atoms with Gasteiger partial charge >= 0.3 is 0 Å². The van der Waals surface area contributed by atoms with Crippen molar-refractivity contribution in [3.8, 4) is 22.5 Å². The highest BCUT2D eigenvalue weighted by molar-refractivity contribution is 5.98. The number of nitrogens with one attached hydrogen (secondary N) is 3. The Balaban J connectivity index is 0.000000468. The lowest BCUT2D eigenvalue weighted by atomic mass is 10.1. The monoisotopic (exact) mass is 712 g/mol. The number of nitrogens with zero attached hydrogens (tertiary/aromatic N) is 3. The zero-order valence-electron chi connectivity index (χ0n) is 29.7. The lowest BCUT2D eigenvalue weighted by Gasteiger charge is -2.24. The molecule has 7 rings (SSSR count). The van der Waals surface area contributed by atoms with Crippen LogP contribution >= 0.6 is 0 Å². The van der Waals surface area contributed by atoms with Gasteiger partial charge in [-0.25, -0.2) is 0 Å². The maximum Gasteiger partial charge on any atom is 0.247 e. The van der Waals surface area contributed by atoms with Crippen LogP contribution in [0.3, 0.4) is 0 Å². The van der Waals surface area contributed by atoms with E-state index in [1.54, 1.807) is 12.1 Å². The van der Waals surface area contributed by atoms with Crippen molar-refractivity contribution >= 4 is 35.4 Å². The maximum atomic E-state index is 13.1. The van der Waals surface area contributed by atoms with Crippen molar-refractivity contribution in [1.82, 2.24) is 20.0 Å². The number of aldehydes is 1. The van der Waals surface area contributed by atoms with Gasteiger partial charge in [-0.15, -0.1) is 0 Å². The van der Waals surface area contributed by atoms with Gasteiger partial charge < -0.3 is 25.4 Å². The lowest BCUT2D eigenvalue weighted by molar-refractivity contribution is -0.136. The van der Waals surface area contributed by atoms with Gasteiger partial charge in [0.05, 0.1) is 30.0 Å². The largest absolute Gasteiger partial charge is 0.391 e. The van der Waals surface area contributed by atoms with Gasteiger partial charge in [0.1, 0.15) is 12.3 Å². The van der Waals surface area contributed by atoms with E-state index in [1.165, 1.54) is 4.90 Å². The van der Waals surface area contributed by atoms with Gasteiger partial charge in [-0.05, 0) is 73.5 Å². The van der Waals surface area contributed by atoms with E-state index in [4.69, 9.17) is 0 Å². The van der Waals surface area contributed by atoms with Crippen molar-refractivity contribution in [2.45, 2.75) is 50.3 Å². The molecule has 272 valence electrons. The Morgan fingerprint density at radius 1 is 0.811 bits per heavy atom. The fourth-order valence-corrected chi connectivity index (χ4v) is 6.69. The number of benzene rings is 4. The summed E-state index contributed by atoms with van der Waals surface area (Å²) in [5.41, 5.74) is 6.68. The first-order chi connectivity index (χ1) is 25.8. The Labute approximate surface area is 309 Å². The van der Waals surface area contributed by atoms with Crippen LogP contribution in [0, 0.1) is 0 Å². The number of hydrogen-bond donors (Lipinski definition) is 4. The summed E-state index contributed by atoms with van der Waals surface area (Å²) < 4.78 is 0. The normalized spacial score (nSPS) is 18.2. The third-order valence-electron chi connectivity index (χ3n) is 9.57. The molecule has 1 aromatic heterocycles. The summed E-state index contributed by atoms with van der Waals surface area (Å²) in [5, 5.41) is 23.7. The van der Waals surface area contributed by atoms with Crippen LogP contribution in [-0.2, 0) is 32.0 Å². The molecule has 0 unspecified atom stereocenters. The summed E-state index contributed by atoms with van der Waals surface area (Å²) in [5.74, 6) is -0.488. The van der Waals surface area contributed by atoms with Crippen molar-refractivity contribution in [3.05, 3.63) is 126 Å². The minimum atomic E-state index is -0.740. The van der Waals surface area contributed by atoms with Crippen LogP contribution in [0.1, 0.15) is 30.4 Å². The molecule has 4 aromatic carbocycles. The predicted molar refractivity (Wildman–Crippen MR) is 205 cm³/mol. The first-order valence-electron chi connectivity index (χ1n) is 17.8. The average Bonchev–Trinajstić information content (AvgIpc) is 3.94. The Bertz CT molecular complexity index is 1980. The van der Waals surface area contributed by atoms with Gasteiger partial charge in [-0.3, -0.25) is 24.4 Å². The Morgan fingerprint density at radius 3 is 1.98 bits per heavy atom. The van der Waals surface area contributed by atoms with Crippen LogP contribution in [-0.4, -0.2) is 87.4 Å². The average molecular weight is 713 g/mol. The van der Waals surface area contributed by atoms with E-state index in [1.807, 2.05) is 110 Å².